The molecule has 1 heteroatoms. The third-order valence-corrected chi connectivity index (χ3v) is 1.66. The molecule has 0 saturated heterocycles. The van der Waals surface area contributed by atoms with E-state index in [1.54, 1.807) is 0 Å². The Kier molecular flexibility index (Phi) is 1.22. The van der Waals surface area contributed by atoms with Crippen molar-refractivity contribution in [1.82, 2.24) is 0 Å². The van der Waals surface area contributed by atoms with Crippen LogP contribution in [0, 0.1) is 0 Å². The fraction of sp³-hybridized carbons (Fsp3) is 0.200. The van der Waals surface area contributed by atoms with E-state index in [1.807, 2.05) is 18.6 Å². The van der Waals surface area contributed by atoms with Crippen LogP contribution in [0.25, 0.3) is 0 Å². The Balaban J connectivity index is -0.000000120. The second-order valence-electron chi connectivity index (χ2n) is 1.23. The zero-order chi connectivity index (χ0) is 4.41. The van der Waals surface area contributed by atoms with Gasteiger partial charge in [0.2, 0.25) is 0 Å². The molecule has 6 heavy (non-hydrogen) atoms. The summed E-state index contributed by atoms with van der Waals surface area (Å²) in [6.07, 6.45) is 7.60. The molecule has 0 spiro atoms. The quantitative estimate of drug-likeness (QED) is 0.620. The molecule has 0 aromatic rings. The molecule has 1 rings (SSSR count). The SMILES string of the molecule is [H-].[H-].[H-].[Os+3][C]1=CC=CC1. The van der Waals surface area contributed by atoms with Crippen LogP contribution in [0.5, 0.6) is 0 Å². The molecule has 0 radical (unpaired) electrons. The summed E-state index contributed by atoms with van der Waals surface area (Å²) < 4.78 is 1.50. The Bertz CT molecular complexity index is 109. The van der Waals surface area contributed by atoms with Crippen molar-refractivity contribution in [2.45, 2.75) is 6.42 Å². The van der Waals surface area contributed by atoms with Gasteiger partial charge in [0.05, 0.1) is 0 Å². The van der Waals surface area contributed by atoms with Gasteiger partial charge in [0.25, 0.3) is 0 Å². The molecule has 1 aliphatic carbocycles. The predicted molar refractivity (Wildman–Crippen MR) is 25.2 cm³/mol. The van der Waals surface area contributed by atoms with Crippen LogP contribution in [0.3, 0.4) is 0 Å². The fourth-order valence-corrected chi connectivity index (χ4v) is 0.960. The van der Waals surface area contributed by atoms with Crippen LogP contribution >= 0.6 is 0 Å². The first-order valence-corrected chi connectivity index (χ1v) is 3.16. The van der Waals surface area contributed by atoms with Gasteiger partial charge in [0, 0.05) is 0 Å². The van der Waals surface area contributed by atoms with Crippen LogP contribution < -0.4 is 0 Å². The molecule has 0 heterocycles. The molecule has 0 aromatic carbocycles. The van der Waals surface area contributed by atoms with Crippen LogP contribution in [0.2, 0.25) is 0 Å². The Morgan fingerprint density at radius 2 is 2.67 bits per heavy atom. The molecule has 36 valence electrons. The van der Waals surface area contributed by atoms with Crippen LogP contribution in [0.15, 0.2) is 22.4 Å². The molecule has 0 N–H and O–H groups in total. The van der Waals surface area contributed by atoms with Gasteiger partial charge in [-0.3, -0.25) is 0 Å². The number of rotatable bonds is 0. The Hall–Kier alpha value is 0.116. The maximum absolute atomic E-state index is 2.17. The van der Waals surface area contributed by atoms with E-state index in [9.17, 15) is 0 Å². The summed E-state index contributed by atoms with van der Waals surface area (Å²) in [4.78, 5) is 0. The topological polar surface area (TPSA) is 0 Å². The van der Waals surface area contributed by atoms with E-state index in [0.29, 0.717) is 0 Å². The summed E-state index contributed by atoms with van der Waals surface area (Å²) in [5.74, 6) is 0. The van der Waals surface area contributed by atoms with Gasteiger partial charge < -0.3 is 4.28 Å². The minimum atomic E-state index is 0. The standard InChI is InChI=1S/C5H5.Os.3H/c1-2-4-5-3-1;;;;/h1-3H,4H2;;;;/q;+3;3*-1. The van der Waals surface area contributed by atoms with Gasteiger partial charge >= 0.3 is 47.4 Å². The number of allylic oxidation sites excluding steroid dienone is 4. The van der Waals surface area contributed by atoms with Crippen molar-refractivity contribution < 1.29 is 22.9 Å². The predicted octanol–water partition coefficient (Wildman–Crippen LogP) is 1.71. The first-order chi connectivity index (χ1) is 2.89. The van der Waals surface area contributed by atoms with Crippen molar-refractivity contribution in [3.63, 3.8) is 0 Å². The Morgan fingerprint density at radius 1 is 1.83 bits per heavy atom. The van der Waals surface area contributed by atoms with Gasteiger partial charge in [-0.1, -0.05) is 0 Å². The monoisotopic (exact) mass is 260 g/mol. The summed E-state index contributed by atoms with van der Waals surface area (Å²) in [6, 6.07) is 0. The molecule has 0 nitrogen and oxygen atoms in total. The summed E-state index contributed by atoms with van der Waals surface area (Å²) in [6.45, 7) is 0. The average Bonchev–Trinajstić information content (AvgIpc) is 1.86. The van der Waals surface area contributed by atoms with Crippen molar-refractivity contribution in [2.75, 3.05) is 0 Å². The van der Waals surface area contributed by atoms with E-state index in [2.05, 4.69) is 18.2 Å². The zero-order valence-electron chi connectivity index (χ0n) is 6.29. The van der Waals surface area contributed by atoms with E-state index in [1.165, 1.54) is 10.5 Å². The van der Waals surface area contributed by atoms with E-state index >= 15 is 0 Å². The third-order valence-electron chi connectivity index (χ3n) is 0.717. The second kappa shape index (κ2) is 1.71. The van der Waals surface area contributed by atoms with E-state index < -0.39 is 0 Å². The molecule has 0 aromatic heterocycles. The van der Waals surface area contributed by atoms with Crippen LogP contribution in [-0.2, 0) is 18.6 Å². The molecular formula is C5H8Os. The summed E-state index contributed by atoms with van der Waals surface area (Å²) in [5.41, 5.74) is 0. The van der Waals surface area contributed by atoms with Gasteiger partial charge in [-0.25, -0.2) is 0 Å². The second-order valence-corrected chi connectivity index (χ2v) is 2.86. The van der Waals surface area contributed by atoms with Crippen molar-refractivity contribution in [2.24, 2.45) is 0 Å². The van der Waals surface area contributed by atoms with Crippen molar-refractivity contribution >= 4 is 0 Å². The van der Waals surface area contributed by atoms with Gasteiger partial charge in [-0.05, 0) is 0 Å². The number of hydrogen-bond acceptors (Lipinski definition) is 0. The van der Waals surface area contributed by atoms with E-state index in [0.717, 1.165) is 0 Å². The van der Waals surface area contributed by atoms with Crippen molar-refractivity contribution in [3.8, 4) is 0 Å². The van der Waals surface area contributed by atoms with Crippen molar-refractivity contribution in [1.29, 1.82) is 0 Å². The van der Waals surface area contributed by atoms with Crippen LogP contribution in [-0.4, -0.2) is 0 Å². The zero-order valence-corrected chi connectivity index (χ0v) is 5.83. The molecule has 0 amide bonds. The van der Waals surface area contributed by atoms with Crippen molar-refractivity contribution in [3.05, 3.63) is 22.4 Å². The van der Waals surface area contributed by atoms with Gasteiger partial charge in [0.15, 0.2) is 0 Å². The van der Waals surface area contributed by atoms with Gasteiger partial charge in [-0.15, -0.1) is 0 Å². The van der Waals surface area contributed by atoms with Gasteiger partial charge in [0.1, 0.15) is 0 Å². The summed E-state index contributed by atoms with van der Waals surface area (Å²) in [7, 11) is 0. The maximum atomic E-state index is 2.17. The molecule has 0 atom stereocenters. The molecule has 0 fully saturated rings. The first kappa shape index (κ1) is 4.28. The Labute approximate surface area is 52.3 Å². The van der Waals surface area contributed by atoms with Gasteiger partial charge in [-0.2, -0.15) is 0 Å². The molecule has 1 aliphatic rings. The molecule has 0 aliphatic heterocycles. The van der Waals surface area contributed by atoms with E-state index in [-0.39, 0.29) is 4.28 Å². The molecule has 0 saturated carbocycles. The Morgan fingerprint density at radius 3 is 2.83 bits per heavy atom. The minimum absolute atomic E-state index is 0. The third kappa shape index (κ3) is 0.789. The number of hydrogen-bond donors (Lipinski definition) is 0. The fourth-order valence-electron chi connectivity index (χ4n) is 0.416. The first-order valence-electron chi connectivity index (χ1n) is 1.89. The summed E-state index contributed by atoms with van der Waals surface area (Å²) >= 11 is 1.96. The molecular weight excluding hydrogens is 250 g/mol. The molecule has 0 unspecified atom stereocenters. The van der Waals surface area contributed by atoms with Crippen LogP contribution in [0.4, 0.5) is 0 Å². The van der Waals surface area contributed by atoms with E-state index in [4.69, 9.17) is 0 Å². The average molecular weight is 258 g/mol. The normalized spacial score (nSPS) is 18.3. The van der Waals surface area contributed by atoms with Crippen LogP contribution in [0.1, 0.15) is 10.7 Å². The summed E-state index contributed by atoms with van der Waals surface area (Å²) in [5, 5.41) is 0. The molecule has 0 bridgehead atoms.